The quantitative estimate of drug-likeness (QED) is 0.780. The van der Waals surface area contributed by atoms with Gasteiger partial charge in [0.2, 0.25) is 5.91 Å². The Kier molecular flexibility index (Phi) is 6.24. The van der Waals surface area contributed by atoms with Crippen LogP contribution in [0.25, 0.3) is 0 Å². The molecule has 25 heavy (non-hydrogen) atoms. The molecule has 2 aromatic rings. The number of nitriles is 2. The van der Waals surface area contributed by atoms with E-state index < -0.39 is 0 Å². The number of anilines is 1. The van der Waals surface area contributed by atoms with Gasteiger partial charge in [0.1, 0.15) is 23.0 Å². The summed E-state index contributed by atoms with van der Waals surface area (Å²) in [4.78, 5) is 16.1. The Hall–Kier alpha value is -2.74. The van der Waals surface area contributed by atoms with Crippen molar-refractivity contribution in [2.24, 2.45) is 0 Å². The number of rotatable bonds is 5. The summed E-state index contributed by atoms with van der Waals surface area (Å²) in [7, 11) is 0. The van der Waals surface area contributed by atoms with Crippen LogP contribution < -0.4 is 11.1 Å². The third-order valence-corrected chi connectivity index (χ3v) is 4.64. The highest BCUT2D eigenvalue weighted by Gasteiger charge is 2.16. The number of hydrogen-bond donors (Lipinski definition) is 2. The molecule has 0 aliphatic carbocycles. The number of nitrogens with one attached hydrogen (secondary N) is 1. The van der Waals surface area contributed by atoms with Gasteiger partial charge in [0.15, 0.2) is 0 Å². The minimum atomic E-state index is -0.203. The van der Waals surface area contributed by atoms with E-state index in [2.05, 4.69) is 10.3 Å². The molecule has 0 spiro atoms. The summed E-state index contributed by atoms with van der Waals surface area (Å²) in [5.41, 5.74) is 7.60. The fourth-order valence-electron chi connectivity index (χ4n) is 2.06. The smallest absolute Gasteiger partial charge is 0.230 e. The van der Waals surface area contributed by atoms with Crippen molar-refractivity contribution in [3.63, 3.8) is 0 Å². The SMILES string of the molecule is Cc1c(C#N)c(N)nc(SCC(=O)NCc2ccc(Cl)cc2)c1C#N. The van der Waals surface area contributed by atoms with Crippen molar-refractivity contribution in [2.75, 3.05) is 11.5 Å². The number of benzene rings is 1. The number of thioether (sulfide) groups is 1. The molecule has 2 rings (SSSR count). The molecule has 1 amide bonds. The van der Waals surface area contributed by atoms with E-state index in [9.17, 15) is 10.1 Å². The first-order valence-corrected chi connectivity index (χ1v) is 8.56. The van der Waals surface area contributed by atoms with Crippen molar-refractivity contribution < 1.29 is 4.79 Å². The fraction of sp³-hybridized carbons (Fsp3) is 0.176. The van der Waals surface area contributed by atoms with Crippen LogP contribution >= 0.6 is 23.4 Å². The van der Waals surface area contributed by atoms with E-state index in [4.69, 9.17) is 22.6 Å². The van der Waals surface area contributed by atoms with Gasteiger partial charge in [-0.3, -0.25) is 4.79 Å². The molecular formula is C17H14ClN5OS. The Morgan fingerprint density at radius 1 is 1.28 bits per heavy atom. The van der Waals surface area contributed by atoms with Crippen LogP contribution in [0, 0.1) is 29.6 Å². The first-order valence-electron chi connectivity index (χ1n) is 7.20. The number of pyridine rings is 1. The van der Waals surface area contributed by atoms with Crippen LogP contribution in [-0.2, 0) is 11.3 Å². The predicted molar refractivity (Wildman–Crippen MR) is 96.8 cm³/mol. The van der Waals surface area contributed by atoms with Crippen LogP contribution in [0.2, 0.25) is 5.02 Å². The maximum Gasteiger partial charge on any atom is 0.230 e. The maximum absolute atomic E-state index is 12.0. The third-order valence-electron chi connectivity index (χ3n) is 3.41. The average molecular weight is 372 g/mol. The number of nitrogen functional groups attached to an aromatic ring is 1. The number of aromatic nitrogens is 1. The van der Waals surface area contributed by atoms with Gasteiger partial charge in [-0.2, -0.15) is 10.5 Å². The molecule has 0 aliphatic heterocycles. The molecule has 0 aliphatic rings. The highest BCUT2D eigenvalue weighted by Crippen LogP contribution is 2.27. The lowest BCUT2D eigenvalue weighted by molar-refractivity contribution is -0.118. The van der Waals surface area contributed by atoms with E-state index in [1.165, 1.54) is 0 Å². The van der Waals surface area contributed by atoms with E-state index in [1.54, 1.807) is 19.1 Å². The van der Waals surface area contributed by atoms with Gasteiger partial charge in [-0.1, -0.05) is 35.5 Å². The lowest BCUT2D eigenvalue weighted by Crippen LogP contribution is -2.24. The van der Waals surface area contributed by atoms with E-state index in [-0.39, 0.29) is 28.6 Å². The molecule has 8 heteroatoms. The molecule has 126 valence electrons. The van der Waals surface area contributed by atoms with Gasteiger partial charge in [0, 0.05) is 11.6 Å². The number of amides is 1. The van der Waals surface area contributed by atoms with E-state index >= 15 is 0 Å². The van der Waals surface area contributed by atoms with Gasteiger partial charge < -0.3 is 11.1 Å². The summed E-state index contributed by atoms with van der Waals surface area (Å²) in [5, 5.41) is 22.1. The molecule has 0 saturated carbocycles. The van der Waals surface area contributed by atoms with Crippen LogP contribution in [0.5, 0.6) is 0 Å². The van der Waals surface area contributed by atoms with Crippen LogP contribution in [0.3, 0.4) is 0 Å². The number of hydrogen-bond acceptors (Lipinski definition) is 6. The number of nitrogens with zero attached hydrogens (tertiary/aromatic N) is 3. The Balaban J connectivity index is 2.01. The van der Waals surface area contributed by atoms with Crippen molar-refractivity contribution in [3.8, 4) is 12.1 Å². The molecule has 0 fully saturated rings. The van der Waals surface area contributed by atoms with E-state index in [0.29, 0.717) is 22.2 Å². The van der Waals surface area contributed by atoms with Crippen molar-refractivity contribution in [1.82, 2.24) is 10.3 Å². The number of carbonyl (C=O) groups excluding carboxylic acids is 1. The summed E-state index contributed by atoms with van der Waals surface area (Å²) in [6.45, 7) is 2.02. The van der Waals surface area contributed by atoms with Gasteiger partial charge in [0.05, 0.1) is 16.9 Å². The minimum absolute atomic E-state index is 0.0584. The van der Waals surface area contributed by atoms with E-state index in [1.807, 2.05) is 24.3 Å². The molecule has 1 aromatic carbocycles. The van der Waals surface area contributed by atoms with Gasteiger partial charge in [0.25, 0.3) is 0 Å². The first kappa shape index (κ1) is 18.6. The van der Waals surface area contributed by atoms with Gasteiger partial charge in [-0.05, 0) is 30.2 Å². The van der Waals surface area contributed by atoms with Crippen LogP contribution in [0.4, 0.5) is 5.82 Å². The number of halogens is 1. The standard InChI is InChI=1S/C17H14ClN5OS/c1-10-13(6-19)16(21)23-17(14(10)7-20)25-9-15(24)22-8-11-2-4-12(18)5-3-11/h2-5H,8-9H2,1H3,(H2,21,23)(H,22,24). The lowest BCUT2D eigenvalue weighted by Gasteiger charge is -2.09. The molecule has 0 radical (unpaired) electrons. The third kappa shape index (κ3) is 4.63. The van der Waals surface area contributed by atoms with Gasteiger partial charge >= 0.3 is 0 Å². The summed E-state index contributed by atoms with van der Waals surface area (Å²) in [6.07, 6.45) is 0. The second-order valence-electron chi connectivity index (χ2n) is 5.09. The van der Waals surface area contributed by atoms with Crippen molar-refractivity contribution in [2.45, 2.75) is 18.5 Å². The molecular weight excluding hydrogens is 358 g/mol. The minimum Gasteiger partial charge on any atom is -0.383 e. The Morgan fingerprint density at radius 3 is 2.52 bits per heavy atom. The molecule has 0 atom stereocenters. The fourth-order valence-corrected chi connectivity index (χ4v) is 3.07. The lowest BCUT2D eigenvalue weighted by atomic mass is 10.1. The van der Waals surface area contributed by atoms with Gasteiger partial charge in [-0.25, -0.2) is 4.98 Å². The second kappa shape index (κ2) is 8.39. The van der Waals surface area contributed by atoms with Crippen LogP contribution in [0.1, 0.15) is 22.3 Å². The van der Waals surface area contributed by atoms with Gasteiger partial charge in [-0.15, -0.1) is 0 Å². The van der Waals surface area contributed by atoms with Crippen LogP contribution in [0.15, 0.2) is 29.3 Å². The highest BCUT2D eigenvalue weighted by molar-refractivity contribution is 8.00. The zero-order valence-electron chi connectivity index (χ0n) is 13.3. The largest absolute Gasteiger partial charge is 0.383 e. The summed E-state index contributed by atoms with van der Waals surface area (Å²) < 4.78 is 0. The zero-order valence-corrected chi connectivity index (χ0v) is 14.9. The Labute approximate surface area is 154 Å². The van der Waals surface area contributed by atoms with Crippen molar-refractivity contribution >= 4 is 35.1 Å². The molecule has 0 unspecified atom stereocenters. The monoisotopic (exact) mass is 371 g/mol. The summed E-state index contributed by atoms with van der Waals surface area (Å²) in [5.74, 6) is -0.0608. The topological polar surface area (TPSA) is 116 Å². The highest BCUT2D eigenvalue weighted by atomic mass is 35.5. The second-order valence-corrected chi connectivity index (χ2v) is 6.49. The maximum atomic E-state index is 12.0. The Bertz CT molecular complexity index is 884. The number of carbonyl (C=O) groups is 1. The molecule has 3 N–H and O–H groups in total. The molecule has 0 bridgehead atoms. The number of nitrogens with two attached hydrogens (primary N) is 1. The van der Waals surface area contributed by atoms with Crippen LogP contribution in [-0.4, -0.2) is 16.6 Å². The van der Waals surface area contributed by atoms with Crippen molar-refractivity contribution in [1.29, 1.82) is 10.5 Å². The predicted octanol–water partition coefficient (Wildman–Crippen LogP) is 2.78. The molecule has 1 heterocycles. The first-order chi connectivity index (χ1) is 12.0. The summed E-state index contributed by atoms with van der Waals surface area (Å²) >= 11 is 6.92. The summed E-state index contributed by atoms with van der Waals surface area (Å²) in [6, 6.07) is 11.1. The van der Waals surface area contributed by atoms with Crippen molar-refractivity contribution in [3.05, 3.63) is 51.5 Å². The molecule has 0 saturated heterocycles. The molecule has 1 aromatic heterocycles. The average Bonchev–Trinajstić information content (AvgIpc) is 2.59. The normalized spacial score (nSPS) is 9.92. The zero-order chi connectivity index (χ0) is 18.4. The molecule has 6 nitrogen and oxygen atoms in total. The van der Waals surface area contributed by atoms with E-state index in [0.717, 1.165) is 17.3 Å². The Morgan fingerprint density at radius 2 is 1.92 bits per heavy atom.